The molecule has 8 nitrogen and oxygen atoms in total. The molecule has 1 atom stereocenters. The number of hydrogen-bond acceptors (Lipinski definition) is 6. The Balaban J connectivity index is 0.00000243. The van der Waals surface area contributed by atoms with Gasteiger partial charge in [-0.05, 0) is 12.1 Å². The first kappa shape index (κ1) is 20.8. The van der Waals surface area contributed by atoms with Gasteiger partial charge in [0.15, 0.2) is 11.5 Å². The Bertz CT molecular complexity index is 750. The maximum absolute atomic E-state index is 12.8. The molecule has 0 spiro atoms. The van der Waals surface area contributed by atoms with Crippen LogP contribution in [0.1, 0.15) is 6.92 Å². The normalized spacial score (nSPS) is 18.8. The Morgan fingerprint density at radius 3 is 2.38 bits per heavy atom. The van der Waals surface area contributed by atoms with Crippen molar-refractivity contribution in [3.05, 3.63) is 18.2 Å². The van der Waals surface area contributed by atoms with E-state index in [9.17, 15) is 13.2 Å². The fraction of sp³-hybridized carbons (Fsp3) is 0.562. The third kappa shape index (κ3) is 4.06. The second-order valence-corrected chi connectivity index (χ2v) is 8.11. The minimum atomic E-state index is -3.64. The predicted molar refractivity (Wildman–Crippen MR) is 98.2 cm³/mol. The van der Waals surface area contributed by atoms with Gasteiger partial charge in [0.25, 0.3) is 0 Å². The van der Waals surface area contributed by atoms with Gasteiger partial charge in [0, 0.05) is 44.7 Å². The van der Waals surface area contributed by atoms with E-state index >= 15 is 0 Å². The van der Waals surface area contributed by atoms with Crippen LogP contribution in [0.25, 0.3) is 0 Å². The van der Waals surface area contributed by atoms with Crippen LogP contribution < -0.4 is 15.2 Å². The highest BCUT2D eigenvalue weighted by Gasteiger charge is 2.32. The molecule has 26 heavy (non-hydrogen) atoms. The van der Waals surface area contributed by atoms with E-state index in [4.69, 9.17) is 15.2 Å². The van der Waals surface area contributed by atoms with Crippen LogP contribution in [0.15, 0.2) is 23.1 Å². The molecular weight excluding hydrogens is 382 g/mol. The number of carbonyl (C=O) groups excluding carboxylic acids is 1. The van der Waals surface area contributed by atoms with Crippen LogP contribution in [0.2, 0.25) is 0 Å². The quantitative estimate of drug-likeness (QED) is 0.773. The summed E-state index contributed by atoms with van der Waals surface area (Å²) in [5.74, 6) is 0.717. The molecule has 2 aliphatic heterocycles. The number of nitrogens with two attached hydrogens (primary N) is 1. The van der Waals surface area contributed by atoms with Crippen LogP contribution in [-0.4, -0.2) is 69.5 Å². The lowest BCUT2D eigenvalue weighted by atomic mass is 10.1. The van der Waals surface area contributed by atoms with Gasteiger partial charge in [-0.25, -0.2) is 8.42 Å². The number of rotatable bonds is 4. The summed E-state index contributed by atoms with van der Waals surface area (Å²) in [6.07, 6.45) is 0. The second-order valence-electron chi connectivity index (χ2n) is 6.17. The smallest absolute Gasteiger partial charge is 0.243 e. The number of hydrogen-bond donors (Lipinski definition) is 1. The molecule has 1 aromatic rings. The van der Waals surface area contributed by atoms with Crippen LogP contribution in [-0.2, 0) is 14.8 Å². The Hall–Kier alpha value is -1.55. The molecule has 1 aromatic carbocycles. The number of amides is 1. The molecule has 0 bridgehead atoms. The molecule has 1 saturated heterocycles. The molecule has 10 heteroatoms. The number of fused-ring (bicyclic) bond motifs is 1. The number of halogens is 1. The topological polar surface area (TPSA) is 102 Å². The van der Waals surface area contributed by atoms with E-state index in [-0.39, 0.29) is 48.8 Å². The third-order valence-corrected chi connectivity index (χ3v) is 6.37. The van der Waals surface area contributed by atoms with E-state index in [0.29, 0.717) is 37.8 Å². The molecule has 0 aromatic heterocycles. The van der Waals surface area contributed by atoms with Gasteiger partial charge in [-0.1, -0.05) is 6.92 Å². The first-order valence-corrected chi connectivity index (χ1v) is 9.76. The number of piperazine rings is 1. The van der Waals surface area contributed by atoms with Gasteiger partial charge in [-0.2, -0.15) is 4.31 Å². The molecule has 2 aliphatic rings. The molecule has 1 unspecified atom stereocenters. The monoisotopic (exact) mass is 405 g/mol. The summed E-state index contributed by atoms with van der Waals surface area (Å²) in [5, 5.41) is 0. The summed E-state index contributed by atoms with van der Waals surface area (Å²) in [6.45, 7) is 4.18. The van der Waals surface area contributed by atoms with Crippen LogP contribution >= 0.6 is 12.4 Å². The van der Waals surface area contributed by atoms with Gasteiger partial charge in [0.1, 0.15) is 13.2 Å². The Kier molecular flexibility index (Phi) is 6.73. The standard InChI is InChI=1S/C16H23N3O5S.ClH/c1-12(11-17)16(20)18-4-6-19(7-5-18)25(21,22)13-2-3-14-15(10-13)24-9-8-23-14;/h2-3,10,12H,4-9,11,17H2,1H3;1H. The SMILES string of the molecule is CC(CN)C(=O)N1CCN(S(=O)(=O)c2ccc3c(c2)OCCO3)CC1.Cl. The molecule has 1 amide bonds. The van der Waals surface area contributed by atoms with Crippen molar-refractivity contribution in [1.82, 2.24) is 9.21 Å². The molecule has 2 N–H and O–H groups in total. The van der Waals surface area contributed by atoms with E-state index < -0.39 is 10.0 Å². The zero-order valence-corrected chi connectivity index (χ0v) is 16.2. The van der Waals surface area contributed by atoms with Crippen molar-refractivity contribution in [3.63, 3.8) is 0 Å². The lowest BCUT2D eigenvalue weighted by molar-refractivity contribution is -0.135. The molecule has 1 fully saturated rings. The minimum Gasteiger partial charge on any atom is -0.486 e. The Morgan fingerprint density at radius 2 is 1.77 bits per heavy atom. The molecule has 0 saturated carbocycles. The Labute approximate surface area is 159 Å². The lowest BCUT2D eigenvalue weighted by Crippen LogP contribution is -2.52. The van der Waals surface area contributed by atoms with E-state index in [0.717, 1.165) is 0 Å². The predicted octanol–water partition coefficient (Wildman–Crippen LogP) is 0.307. The maximum atomic E-state index is 12.8. The number of benzene rings is 1. The minimum absolute atomic E-state index is 0. The van der Waals surface area contributed by atoms with Crippen LogP contribution in [0.5, 0.6) is 11.5 Å². The van der Waals surface area contributed by atoms with E-state index in [1.54, 1.807) is 17.9 Å². The molecule has 2 heterocycles. The maximum Gasteiger partial charge on any atom is 0.243 e. The van der Waals surface area contributed by atoms with Gasteiger partial charge in [-0.3, -0.25) is 4.79 Å². The summed E-state index contributed by atoms with van der Waals surface area (Å²) < 4.78 is 38.0. The van der Waals surface area contributed by atoms with E-state index in [2.05, 4.69) is 0 Å². The average Bonchev–Trinajstić information content (AvgIpc) is 2.66. The fourth-order valence-electron chi connectivity index (χ4n) is 2.89. The van der Waals surface area contributed by atoms with E-state index in [1.807, 2.05) is 0 Å². The Morgan fingerprint density at radius 1 is 1.15 bits per heavy atom. The highest BCUT2D eigenvalue weighted by atomic mass is 35.5. The largest absolute Gasteiger partial charge is 0.486 e. The molecule has 146 valence electrons. The zero-order chi connectivity index (χ0) is 18.0. The molecule has 0 radical (unpaired) electrons. The van der Waals surface area contributed by atoms with Crippen molar-refractivity contribution >= 4 is 28.3 Å². The van der Waals surface area contributed by atoms with Crippen molar-refractivity contribution in [1.29, 1.82) is 0 Å². The van der Waals surface area contributed by atoms with Crippen molar-refractivity contribution < 1.29 is 22.7 Å². The highest BCUT2D eigenvalue weighted by molar-refractivity contribution is 7.89. The summed E-state index contributed by atoms with van der Waals surface area (Å²) in [6, 6.07) is 4.64. The number of carbonyl (C=O) groups is 1. The molecule has 3 rings (SSSR count). The number of ether oxygens (including phenoxy) is 2. The van der Waals surface area contributed by atoms with Crippen molar-refractivity contribution in [3.8, 4) is 11.5 Å². The fourth-order valence-corrected chi connectivity index (χ4v) is 4.33. The van der Waals surface area contributed by atoms with Gasteiger partial charge in [-0.15, -0.1) is 12.4 Å². The molecular formula is C16H24ClN3O5S. The summed E-state index contributed by atoms with van der Waals surface area (Å²) in [4.78, 5) is 14.0. The van der Waals surface area contributed by atoms with Crippen molar-refractivity contribution in [2.45, 2.75) is 11.8 Å². The summed E-state index contributed by atoms with van der Waals surface area (Å²) >= 11 is 0. The first-order chi connectivity index (χ1) is 11.9. The summed E-state index contributed by atoms with van der Waals surface area (Å²) in [5.41, 5.74) is 5.53. The summed E-state index contributed by atoms with van der Waals surface area (Å²) in [7, 11) is -3.64. The zero-order valence-electron chi connectivity index (χ0n) is 14.6. The third-order valence-electron chi connectivity index (χ3n) is 4.48. The van der Waals surface area contributed by atoms with E-state index in [1.165, 1.54) is 16.4 Å². The van der Waals surface area contributed by atoms with Crippen molar-refractivity contribution in [2.24, 2.45) is 11.7 Å². The highest BCUT2D eigenvalue weighted by Crippen LogP contribution is 2.33. The second kappa shape index (κ2) is 8.43. The van der Waals surface area contributed by atoms with Gasteiger partial charge in [0.2, 0.25) is 15.9 Å². The average molecular weight is 406 g/mol. The van der Waals surface area contributed by atoms with Crippen LogP contribution in [0.3, 0.4) is 0 Å². The number of nitrogens with zero attached hydrogens (tertiary/aromatic N) is 2. The van der Waals surface area contributed by atoms with Gasteiger partial charge >= 0.3 is 0 Å². The van der Waals surface area contributed by atoms with Crippen LogP contribution in [0.4, 0.5) is 0 Å². The van der Waals surface area contributed by atoms with Crippen molar-refractivity contribution in [2.75, 3.05) is 45.9 Å². The molecule has 0 aliphatic carbocycles. The van der Waals surface area contributed by atoms with Crippen LogP contribution in [0, 0.1) is 5.92 Å². The lowest BCUT2D eigenvalue weighted by Gasteiger charge is -2.35. The number of sulfonamides is 1. The van der Waals surface area contributed by atoms with Gasteiger partial charge in [0.05, 0.1) is 4.90 Å². The van der Waals surface area contributed by atoms with Gasteiger partial charge < -0.3 is 20.1 Å². The first-order valence-electron chi connectivity index (χ1n) is 8.32.